The Kier molecular flexibility index (Phi) is 5.90. The first kappa shape index (κ1) is 19.9. The number of aromatic carboxylic acids is 1. The molecule has 1 aromatic heterocycles. The van der Waals surface area contributed by atoms with E-state index in [-0.39, 0.29) is 30.0 Å². The highest BCUT2D eigenvalue weighted by Crippen LogP contribution is 2.27. The molecule has 0 bridgehead atoms. The molecule has 2 saturated heterocycles. The van der Waals surface area contributed by atoms with Crippen LogP contribution in [0.2, 0.25) is 0 Å². The van der Waals surface area contributed by atoms with Crippen molar-refractivity contribution in [1.29, 1.82) is 0 Å². The van der Waals surface area contributed by atoms with Crippen LogP contribution in [0.3, 0.4) is 0 Å². The molecule has 1 unspecified atom stereocenters. The van der Waals surface area contributed by atoms with E-state index in [0.29, 0.717) is 18.8 Å². The van der Waals surface area contributed by atoms with Gasteiger partial charge in [0.25, 0.3) is 10.0 Å². The first-order valence-corrected chi connectivity index (χ1v) is 10.8. The maximum atomic E-state index is 12.8. The quantitative estimate of drug-likeness (QED) is 0.831. The SMILES string of the molecule is CC1CCCN(C(=O)C2CCN(S(=O)(=O)c3ccc(C(=O)O)o3)CC2)CC1. The number of carbonyl (C=O) groups is 2. The van der Waals surface area contributed by atoms with Crippen LogP contribution >= 0.6 is 0 Å². The lowest BCUT2D eigenvalue weighted by Crippen LogP contribution is -2.44. The van der Waals surface area contributed by atoms with Gasteiger partial charge in [-0.1, -0.05) is 6.92 Å². The van der Waals surface area contributed by atoms with Crippen molar-refractivity contribution in [2.75, 3.05) is 26.2 Å². The van der Waals surface area contributed by atoms with Crippen LogP contribution in [0, 0.1) is 11.8 Å². The van der Waals surface area contributed by atoms with Gasteiger partial charge in [0, 0.05) is 32.1 Å². The van der Waals surface area contributed by atoms with Gasteiger partial charge >= 0.3 is 5.97 Å². The van der Waals surface area contributed by atoms with Crippen molar-refractivity contribution in [1.82, 2.24) is 9.21 Å². The molecular weight excluding hydrogens is 372 g/mol. The minimum atomic E-state index is -3.88. The number of sulfonamides is 1. The molecular formula is C18H26N2O6S. The normalized spacial score (nSPS) is 23.1. The second-order valence-corrected chi connectivity index (χ2v) is 9.33. The lowest BCUT2D eigenvalue weighted by Gasteiger charge is -2.33. The van der Waals surface area contributed by atoms with Crippen LogP contribution in [0.4, 0.5) is 0 Å². The number of furan rings is 1. The number of hydrogen-bond acceptors (Lipinski definition) is 5. The average Bonchev–Trinajstić information content (AvgIpc) is 3.06. The van der Waals surface area contributed by atoms with E-state index in [1.807, 2.05) is 4.90 Å². The summed E-state index contributed by atoms with van der Waals surface area (Å²) >= 11 is 0. The summed E-state index contributed by atoms with van der Waals surface area (Å²) in [5.74, 6) is -1.11. The fraction of sp³-hybridized carbons (Fsp3) is 0.667. The highest BCUT2D eigenvalue weighted by molar-refractivity contribution is 7.89. The van der Waals surface area contributed by atoms with Gasteiger partial charge in [-0.25, -0.2) is 13.2 Å². The third-order valence-electron chi connectivity index (χ3n) is 5.52. The number of amides is 1. The summed E-state index contributed by atoms with van der Waals surface area (Å²) in [5.41, 5.74) is 0. The van der Waals surface area contributed by atoms with Gasteiger partial charge in [0.2, 0.25) is 16.8 Å². The number of carboxylic acids is 1. The molecule has 2 aliphatic rings. The molecule has 0 aromatic carbocycles. The molecule has 0 aliphatic carbocycles. The Labute approximate surface area is 159 Å². The van der Waals surface area contributed by atoms with Crippen molar-refractivity contribution >= 4 is 21.9 Å². The zero-order valence-corrected chi connectivity index (χ0v) is 16.3. The van der Waals surface area contributed by atoms with Crippen molar-refractivity contribution in [3.05, 3.63) is 17.9 Å². The molecule has 150 valence electrons. The van der Waals surface area contributed by atoms with Crippen molar-refractivity contribution in [3.8, 4) is 0 Å². The minimum Gasteiger partial charge on any atom is -0.475 e. The molecule has 1 atom stereocenters. The first-order chi connectivity index (χ1) is 12.8. The van der Waals surface area contributed by atoms with Crippen LogP contribution in [-0.4, -0.2) is 60.8 Å². The van der Waals surface area contributed by atoms with E-state index in [9.17, 15) is 18.0 Å². The Bertz CT molecular complexity index is 795. The Morgan fingerprint density at radius 2 is 1.78 bits per heavy atom. The third kappa shape index (κ3) is 4.35. The zero-order chi connectivity index (χ0) is 19.6. The molecule has 0 saturated carbocycles. The molecule has 27 heavy (non-hydrogen) atoms. The fourth-order valence-corrected chi connectivity index (χ4v) is 5.17. The molecule has 0 radical (unpaired) electrons. The number of carboxylic acid groups (broad SMARTS) is 1. The van der Waals surface area contributed by atoms with Gasteiger partial charge in [-0.3, -0.25) is 4.79 Å². The van der Waals surface area contributed by atoms with Gasteiger partial charge in [0.15, 0.2) is 0 Å². The number of likely N-dealkylation sites (tertiary alicyclic amines) is 1. The van der Waals surface area contributed by atoms with E-state index in [4.69, 9.17) is 9.52 Å². The molecule has 1 aromatic rings. The second kappa shape index (κ2) is 8.02. The number of hydrogen-bond donors (Lipinski definition) is 1. The van der Waals surface area contributed by atoms with E-state index < -0.39 is 21.8 Å². The minimum absolute atomic E-state index is 0.132. The van der Waals surface area contributed by atoms with Crippen LogP contribution < -0.4 is 0 Å². The summed E-state index contributed by atoms with van der Waals surface area (Å²) < 4.78 is 31.5. The Morgan fingerprint density at radius 1 is 1.07 bits per heavy atom. The third-order valence-corrected chi connectivity index (χ3v) is 7.29. The predicted molar refractivity (Wildman–Crippen MR) is 96.7 cm³/mol. The molecule has 8 nitrogen and oxygen atoms in total. The predicted octanol–water partition coefficient (Wildman–Crippen LogP) is 2.03. The molecule has 9 heteroatoms. The van der Waals surface area contributed by atoms with Gasteiger partial charge in [-0.15, -0.1) is 0 Å². The molecule has 2 fully saturated rings. The number of rotatable bonds is 4. The highest BCUT2D eigenvalue weighted by Gasteiger charge is 2.35. The average molecular weight is 398 g/mol. The lowest BCUT2D eigenvalue weighted by atomic mass is 9.96. The smallest absolute Gasteiger partial charge is 0.371 e. The summed E-state index contributed by atoms with van der Waals surface area (Å²) in [4.78, 5) is 25.6. The topological polar surface area (TPSA) is 108 Å². The van der Waals surface area contributed by atoms with Gasteiger partial charge in [-0.2, -0.15) is 4.31 Å². The zero-order valence-electron chi connectivity index (χ0n) is 15.5. The molecule has 3 rings (SSSR count). The Hall–Kier alpha value is -1.87. The summed E-state index contributed by atoms with van der Waals surface area (Å²) in [6.07, 6.45) is 4.11. The second-order valence-electron chi connectivity index (χ2n) is 7.46. The van der Waals surface area contributed by atoms with E-state index in [1.165, 1.54) is 4.31 Å². The van der Waals surface area contributed by atoms with Gasteiger partial charge in [0.1, 0.15) is 0 Å². The summed E-state index contributed by atoms with van der Waals surface area (Å²) in [5, 5.41) is 8.52. The largest absolute Gasteiger partial charge is 0.475 e. The van der Waals surface area contributed by atoms with Gasteiger partial charge in [-0.05, 0) is 50.2 Å². The van der Waals surface area contributed by atoms with Gasteiger partial charge < -0.3 is 14.4 Å². The van der Waals surface area contributed by atoms with Crippen LogP contribution in [0.15, 0.2) is 21.6 Å². The summed E-state index contributed by atoms with van der Waals surface area (Å²) in [6.45, 7) is 4.23. The van der Waals surface area contributed by atoms with Gasteiger partial charge in [0.05, 0.1) is 0 Å². The highest BCUT2D eigenvalue weighted by atomic mass is 32.2. The number of carbonyl (C=O) groups excluding carboxylic acids is 1. The van der Waals surface area contributed by atoms with Crippen LogP contribution in [0.5, 0.6) is 0 Å². The Balaban J connectivity index is 1.60. The lowest BCUT2D eigenvalue weighted by molar-refractivity contribution is -0.136. The number of piperidine rings is 1. The van der Waals surface area contributed by atoms with Crippen molar-refractivity contribution < 1.29 is 27.5 Å². The standard InChI is InChI=1S/C18H26N2O6S/c1-13-3-2-9-19(10-6-13)17(21)14-7-11-20(12-8-14)27(24,25)16-5-4-15(26-16)18(22)23/h4-5,13-14H,2-3,6-12H2,1H3,(H,22,23). The van der Waals surface area contributed by atoms with Crippen molar-refractivity contribution in [2.24, 2.45) is 11.8 Å². The molecule has 3 heterocycles. The van der Waals surface area contributed by atoms with E-state index in [2.05, 4.69) is 6.92 Å². The number of nitrogens with zero attached hydrogens (tertiary/aromatic N) is 2. The molecule has 0 spiro atoms. The monoisotopic (exact) mass is 398 g/mol. The van der Waals surface area contributed by atoms with E-state index in [1.54, 1.807) is 0 Å². The maximum Gasteiger partial charge on any atom is 0.371 e. The van der Waals surface area contributed by atoms with E-state index in [0.717, 1.165) is 44.5 Å². The van der Waals surface area contributed by atoms with E-state index >= 15 is 0 Å². The van der Waals surface area contributed by atoms with Crippen molar-refractivity contribution in [2.45, 2.75) is 44.1 Å². The molecule has 2 aliphatic heterocycles. The van der Waals surface area contributed by atoms with Crippen LogP contribution in [0.25, 0.3) is 0 Å². The van der Waals surface area contributed by atoms with Crippen LogP contribution in [-0.2, 0) is 14.8 Å². The van der Waals surface area contributed by atoms with Crippen molar-refractivity contribution in [3.63, 3.8) is 0 Å². The summed E-state index contributed by atoms with van der Waals surface area (Å²) in [7, 11) is -3.88. The molecule has 1 N–H and O–H groups in total. The van der Waals surface area contributed by atoms with Crippen LogP contribution in [0.1, 0.15) is 49.6 Å². The fourth-order valence-electron chi connectivity index (χ4n) is 3.79. The maximum absolute atomic E-state index is 12.8. The summed E-state index contributed by atoms with van der Waals surface area (Å²) in [6, 6.07) is 2.29. The molecule has 1 amide bonds. The first-order valence-electron chi connectivity index (χ1n) is 9.41. The Morgan fingerprint density at radius 3 is 2.41 bits per heavy atom.